The van der Waals surface area contributed by atoms with Crippen LogP contribution in [-0.4, -0.2) is 25.5 Å². The first-order valence-electron chi connectivity index (χ1n) is 9.18. The van der Waals surface area contributed by atoms with E-state index in [0.29, 0.717) is 6.54 Å². The Morgan fingerprint density at radius 1 is 1.04 bits per heavy atom. The summed E-state index contributed by atoms with van der Waals surface area (Å²) in [4.78, 5) is 14.5. The van der Waals surface area contributed by atoms with Crippen molar-refractivity contribution in [1.29, 1.82) is 0 Å². The van der Waals surface area contributed by atoms with E-state index >= 15 is 0 Å². The number of hydrogen-bond donors (Lipinski definition) is 2. The Balaban J connectivity index is 1.59. The summed E-state index contributed by atoms with van der Waals surface area (Å²) < 4.78 is 0. The third kappa shape index (κ3) is 4.60. The van der Waals surface area contributed by atoms with Crippen LogP contribution in [0.4, 0.5) is 11.4 Å². The first-order chi connectivity index (χ1) is 12.3. The average Bonchev–Trinajstić information content (AvgIpc) is 2.69. The van der Waals surface area contributed by atoms with Gasteiger partial charge < -0.3 is 15.5 Å². The molecular formula is C21H27N3O. The number of carbonyl (C=O) groups excluding carboxylic acids is 1. The van der Waals surface area contributed by atoms with Crippen molar-refractivity contribution in [3.63, 3.8) is 0 Å². The Bertz CT molecular complexity index is 663. The minimum Gasteiger partial charge on any atom is -0.352 e. The smallest absolute Gasteiger partial charge is 0.223 e. The minimum absolute atomic E-state index is 0.161. The largest absolute Gasteiger partial charge is 0.352 e. The number of nitrogens with zero attached hydrogens (tertiary/aromatic N) is 1. The van der Waals surface area contributed by atoms with Crippen LogP contribution in [0.15, 0.2) is 54.6 Å². The molecule has 3 rings (SSSR count). The highest BCUT2D eigenvalue weighted by molar-refractivity contribution is 5.78. The van der Waals surface area contributed by atoms with Crippen molar-refractivity contribution >= 4 is 17.3 Å². The summed E-state index contributed by atoms with van der Waals surface area (Å²) >= 11 is 0. The van der Waals surface area contributed by atoms with E-state index in [4.69, 9.17) is 0 Å². The molecule has 0 radical (unpaired) electrons. The Kier molecular flexibility index (Phi) is 6.07. The van der Waals surface area contributed by atoms with Gasteiger partial charge in [-0.1, -0.05) is 30.3 Å². The average molecular weight is 337 g/mol. The number of hydrogen-bond acceptors (Lipinski definition) is 3. The summed E-state index contributed by atoms with van der Waals surface area (Å²) in [6, 6.07) is 18.8. The number of rotatable bonds is 6. The number of piperidine rings is 1. The lowest BCUT2D eigenvalue weighted by Crippen LogP contribution is -2.37. The van der Waals surface area contributed by atoms with Crippen LogP contribution in [0.1, 0.15) is 25.3 Å². The maximum Gasteiger partial charge on any atom is 0.223 e. The van der Waals surface area contributed by atoms with Crippen molar-refractivity contribution in [2.75, 3.05) is 24.5 Å². The van der Waals surface area contributed by atoms with Gasteiger partial charge in [-0.2, -0.15) is 0 Å². The van der Waals surface area contributed by atoms with Crippen molar-refractivity contribution in [3.8, 4) is 0 Å². The van der Waals surface area contributed by atoms with Crippen LogP contribution in [0.5, 0.6) is 0 Å². The van der Waals surface area contributed by atoms with Crippen LogP contribution in [0.25, 0.3) is 0 Å². The van der Waals surface area contributed by atoms with Gasteiger partial charge >= 0.3 is 0 Å². The Hall–Kier alpha value is -2.33. The van der Waals surface area contributed by atoms with E-state index in [9.17, 15) is 4.79 Å². The third-order valence-corrected chi connectivity index (χ3v) is 4.81. The summed E-state index contributed by atoms with van der Waals surface area (Å²) in [6.07, 6.45) is 1.88. The quantitative estimate of drug-likeness (QED) is 0.848. The molecule has 4 heteroatoms. The van der Waals surface area contributed by atoms with E-state index in [1.807, 2.05) is 6.07 Å². The zero-order chi connectivity index (χ0) is 17.5. The predicted molar refractivity (Wildman–Crippen MR) is 103 cm³/mol. The fourth-order valence-electron chi connectivity index (χ4n) is 3.33. The fourth-order valence-corrected chi connectivity index (χ4v) is 3.33. The molecule has 1 heterocycles. The highest BCUT2D eigenvalue weighted by Gasteiger charge is 2.20. The molecule has 2 aromatic carbocycles. The SMILES string of the molecule is CCN(c1ccccc1)c1ccc(CNC(=O)C2CCNCC2)cc1. The van der Waals surface area contributed by atoms with Crippen molar-refractivity contribution in [2.24, 2.45) is 5.92 Å². The molecule has 0 saturated carbocycles. The van der Waals surface area contributed by atoms with E-state index in [1.165, 1.54) is 11.4 Å². The van der Waals surface area contributed by atoms with Crippen molar-refractivity contribution in [2.45, 2.75) is 26.3 Å². The van der Waals surface area contributed by atoms with E-state index in [2.05, 4.69) is 71.0 Å². The lowest BCUT2D eigenvalue weighted by molar-refractivity contribution is -0.125. The first kappa shape index (κ1) is 17.5. The van der Waals surface area contributed by atoms with Gasteiger partial charge in [0.1, 0.15) is 0 Å². The molecule has 0 atom stereocenters. The summed E-state index contributed by atoms with van der Waals surface area (Å²) in [5, 5.41) is 6.38. The molecule has 2 N–H and O–H groups in total. The number of para-hydroxylation sites is 1. The number of anilines is 2. The monoisotopic (exact) mass is 337 g/mol. The highest BCUT2D eigenvalue weighted by Crippen LogP contribution is 2.25. The molecule has 0 bridgehead atoms. The van der Waals surface area contributed by atoms with Crippen LogP contribution in [-0.2, 0) is 11.3 Å². The highest BCUT2D eigenvalue weighted by atomic mass is 16.1. The molecule has 0 unspecified atom stereocenters. The van der Waals surface area contributed by atoms with Crippen LogP contribution >= 0.6 is 0 Å². The standard InChI is InChI=1S/C21H27N3O/c1-2-24(19-6-4-3-5-7-19)20-10-8-17(9-11-20)16-23-21(25)18-12-14-22-15-13-18/h3-11,18,22H,2,12-16H2,1H3,(H,23,25). The summed E-state index contributed by atoms with van der Waals surface area (Å²) in [5.41, 5.74) is 3.49. The van der Waals surface area contributed by atoms with Crippen molar-refractivity contribution in [3.05, 3.63) is 60.2 Å². The van der Waals surface area contributed by atoms with Crippen LogP contribution in [0.3, 0.4) is 0 Å². The second-order valence-electron chi connectivity index (χ2n) is 6.49. The number of carbonyl (C=O) groups is 1. The fraction of sp³-hybridized carbons (Fsp3) is 0.381. The number of amides is 1. The minimum atomic E-state index is 0.161. The van der Waals surface area contributed by atoms with Gasteiger partial charge in [-0.3, -0.25) is 4.79 Å². The molecular weight excluding hydrogens is 310 g/mol. The maximum absolute atomic E-state index is 12.2. The molecule has 4 nitrogen and oxygen atoms in total. The first-order valence-corrected chi connectivity index (χ1v) is 9.18. The molecule has 0 aliphatic carbocycles. The van der Waals surface area contributed by atoms with Crippen molar-refractivity contribution < 1.29 is 4.79 Å². The van der Waals surface area contributed by atoms with Crippen LogP contribution in [0.2, 0.25) is 0 Å². The summed E-state index contributed by atoms with van der Waals surface area (Å²) in [5.74, 6) is 0.347. The summed E-state index contributed by atoms with van der Waals surface area (Å²) in [7, 11) is 0. The number of nitrogens with one attached hydrogen (secondary N) is 2. The molecule has 1 aliphatic rings. The molecule has 1 saturated heterocycles. The van der Waals surface area contributed by atoms with E-state index in [-0.39, 0.29) is 11.8 Å². The molecule has 2 aromatic rings. The maximum atomic E-state index is 12.2. The third-order valence-electron chi connectivity index (χ3n) is 4.81. The molecule has 132 valence electrons. The van der Waals surface area contributed by atoms with Gasteiger partial charge in [0.25, 0.3) is 0 Å². The lowest BCUT2D eigenvalue weighted by atomic mass is 9.97. The molecule has 1 aliphatic heterocycles. The van der Waals surface area contributed by atoms with Crippen LogP contribution < -0.4 is 15.5 Å². The Morgan fingerprint density at radius 2 is 1.68 bits per heavy atom. The molecule has 0 spiro atoms. The zero-order valence-electron chi connectivity index (χ0n) is 14.9. The van der Waals surface area contributed by atoms with Gasteiger partial charge in [-0.25, -0.2) is 0 Å². The topological polar surface area (TPSA) is 44.4 Å². The van der Waals surface area contributed by atoms with Gasteiger partial charge in [0.05, 0.1) is 0 Å². The van der Waals surface area contributed by atoms with E-state index in [0.717, 1.165) is 38.0 Å². The van der Waals surface area contributed by atoms with E-state index in [1.54, 1.807) is 0 Å². The molecule has 0 aromatic heterocycles. The second-order valence-corrected chi connectivity index (χ2v) is 6.49. The summed E-state index contributed by atoms with van der Waals surface area (Å²) in [6.45, 7) is 5.55. The van der Waals surface area contributed by atoms with Gasteiger partial charge in [0, 0.05) is 30.4 Å². The zero-order valence-corrected chi connectivity index (χ0v) is 14.9. The second kappa shape index (κ2) is 8.67. The van der Waals surface area contributed by atoms with E-state index < -0.39 is 0 Å². The Labute approximate surface area is 150 Å². The molecule has 25 heavy (non-hydrogen) atoms. The van der Waals surface area contributed by atoms with Gasteiger partial charge in [0.2, 0.25) is 5.91 Å². The Morgan fingerprint density at radius 3 is 2.32 bits per heavy atom. The van der Waals surface area contributed by atoms with Crippen LogP contribution in [0, 0.1) is 5.92 Å². The van der Waals surface area contributed by atoms with Gasteiger partial charge in [-0.05, 0) is 62.7 Å². The van der Waals surface area contributed by atoms with Gasteiger partial charge in [-0.15, -0.1) is 0 Å². The van der Waals surface area contributed by atoms with Crippen molar-refractivity contribution in [1.82, 2.24) is 10.6 Å². The predicted octanol–water partition coefficient (Wildman–Crippen LogP) is 3.46. The van der Waals surface area contributed by atoms with Gasteiger partial charge in [0.15, 0.2) is 0 Å². The number of benzene rings is 2. The lowest BCUT2D eigenvalue weighted by Gasteiger charge is -2.24. The normalized spacial score (nSPS) is 14.9. The molecule has 1 fully saturated rings. The molecule has 1 amide bonds.